The molecule has 0 saturated heterocycles. The van der Waals surface area contributed by atoms with Crippen LogP contribution in [-0.2, 0) is 9.59 Å². The van der Waals surface area contributed by atoms with Crippen molar-refractivity contribution in [3.05, 3.63) is 0 Å². The normalized spacial score (nSPS) is 39.7. The van der Waals surface area contributed by atoms with Gasteiger partial charge in [0.05, 0.1) is 6.54 Å². The predicted octanol–water partition coefficient (Wildman–Crippen LogP) is 4.93. The quantitative estimate of drug-likeness (QED) is 0.479. The topological polar surface area (TPSA) is 121 Å². The number of carboxylic acid groups (broad SMARTS) is 2. The van der Waals surface area contributed by atoms with E-state index in [1.165, 1.54) is 64.2 Å². The van der Waals surface area contributed by atoms with Crippen molar-refractivity contribution in [1.29, 1.82) is 0 Å². The Balaban J connectivity index is 0.000000395. The number of rotatable bonds is 4. The van der Waals surface area contributed by atoms with Crippen molar-refractivity contribution in [3.8, 4) is 0 Å². The first-order chi connectivity index (χ1) is 15.1. The number of aliphatic hydroxyl groups is 1. The van der Waals surface area contributed by atoms with E-state index in [-0.39, 0.29) is 13.2 Å². The highest BCUT2D eigenvalue weighted by Crippen LogP contribution is 2.67. The fraction of sp³-hybridized carbons (Fsp3) is 0.923. The van der Waals surface area contributed by atoms with Crippen molar-refractivity contribution in [3.63, 3.8) is 0 Å². The summed E-state index contributed by atoms with van der Waals surface area (Å²) in [6.45, 7) is 6.83. The third kappa shape index (κ3) is 5.85. The van der Waals surface area contributed by atoms with Gasteiger partial charge in [-0.2, -0.15) is 0 Å². The Morgan fingerprint density at radius 3 is 2.09 bits per heavy atom. The van der Waals surface area contributed by atoms with Crippen molar-refractivity contribution in [2.45, 2.75) is 97.8 Å². The number of nitrogens with two attached hydrogens (primary N) is 1. The van der Waals surface area contributed by atoms with Crippen LogP contribution >= 0.6 is 0 Å². The van der Waals surface area contributed by atoms with E-state index in [1.807, 2.05) is 0 Å². The van der Waals surface area contributed by atoms with E-state index in [2.05, 4.69) is 19.6 Å². The molecule has 0 aromatic rings. The van der Waals surface area contributed by atoms with Gasteiger partial charge in [0.25, 0.3) is 0 Å². The van der Waals surface area contributed by atoms with Gasteiger partial charge in [-0.15, -0.1) is 0 Å². The first kappa shape index (κ1) is 27.1. The van der Waals surface area contributed by atoms with E-state index in [9.17, 15) is 9.59 Å². The molecule has 7 atom stereocenters. The molecule has 6 nitrogen and oxygen atoms in total. The summed E-state index contributed by atoms with van der Waals surface area (Å²) >= 11 is 0. The van der Waals surface area contributed by atoms with Gasteiger partial charge in [-0.1, -0.05) is 26.7 Å². The Morgan fingerprint density at radius 1 is 0.875 bits per heavy atom. The molecule has 6 heteroatoms. The molecule has 4 fully saturated rings. The second-order valence-electron chi connectivity index (χ2n) is 11.1. The minimum Gasteiger partial charge on any atom is -0.481 e. The van der Waals surface area contributed by atoms with Gasteiger partial charge >= 0.3 is 11.9 Å². The maximum atomic E-state index is 11.0. The molecule has 0 heterocycles. The highest BCUT2D eigenvalue weighted by atomic mass is 16.4. The molecule has 4 rings (SSSR count). The fourth-order valence-corrected chi connectivity index (χ4v) is 8.18. The molecule has 4 aliphatic carbocycles. The SMILES string of the molecule is CC12CCCCC1CCC1C2CCC2(C)C(CCC(=O)O)CCC12.CCO.NCC(=O)O. The Morgan fingerprint density at radius 2 is 1.50 bits per heavy atom. The lowest BCUT2D eigenvalue weighted by Gasteiger charge is -2.60. The number of carbonyl (C=O) groups is 2. The first-order valence-corrected chi connectivity index (χ1v) is 12.9. The lowest BCUT2D eigenvalue weighted by atomic mass is 9.45. The monoisotopic (exact) mass is 453 g/mol. The van der Waals surface area contributed by atoms with Gasteiger partial charge in [0, 0.05) is 13.0 Å². The van der Waals surface area contributed by atoms with Crippen LogP contribution in [0.4, 0.5) is 0 Å². The fourth-order valence-electron chi connectivity index (χ4n) is 8.18. The van der Waals surface area contributed by atoms with Gasteiger partial charge in [-0.3, -0.25) is 9.59 Å². The highest BCUT2D eigenvalue weighted by molar-refractivity contribution is 5.68. The summed E-state index contributed by atoms with van der Waals surface area (Å²) in [6.07, 6.45) is 15.6. The Hall–Kier alpha value is -1.14. The molecule has 186 valence electrons. The first-order valence-electron chi connectivity index (χ1n) is 12.9. The van der Waals surface area contributed by atoms with Crippen LogP contribution in [0.5, 0.6) is 0 Å². The van der Waals surface area contributed by atoms with Crippen LogP contribution in [0.1, 0.15) is 97.8 Å². The number of carboxylic acids is 2. The van der Waals surface area contributed by atoms with Crippen molar-refractivity contribution in [2.24, 2.45) is 46.2 Å². The minimum atomic E-state index is -0.968. The van der Waals surface area contributed by atoms with Crippen molar-refractivity contribution < 1.29 is 24.9 Å². The molecule has 0 radical (unpaired) electrons. The van der Waals surface area contributed by atoms with Crippen LogP contribution in [0.25, 0.3) is 0 Å². The number of hydrogen-bond donors (Lipinski definition) is 4. The Kier molecular flexibility index (Phi) is 10.0. The van der Waals surface area contributed by atoms with Crippen LogP contribution < -0.4 is 5.73 Å². The number of fused-ring (bicyclic) bond motifs is 5. The third-order valence-corrected chi connectivity index (χ3v) is 9.66. The van der Waals surface area contributed by atoms with Gasteiger partial charge in [0.1, 0.15) is 0 Å². The molecule has 0 spiro atoms. The van der Waals surface area contributed by atoms with Gasteiger partial charge in [-0.25, -0.2) is 0 Å². The molecule has 0 bridgehead atoms. The maximum Gasteiger partial charge on any atom is 0.317 e. The third-order valence-electron chi connectivity index (χ3n) is 9.66. The largest absolute Gasteiger partial charge is 0.481 e. The summed E-state index contributed by atoms with van der Waals surface area (Å²) in [5.74, 6) is 2.88. The average molecular weight is 454 g/mol. The zero-order chi connectivity index (χ0) is 23.9. The van der Waals surface area contributed by atoms with Crippen LogP contribution in [0.2, 0.25) is 0 Å². The highest BCUT2D eigenvalue weighted by Gasteiger charge is 2.59. The van der Waals surface area contributed by atoms with Crippen LogP contribution in [0.15, 0.2) is 0 Å². The summed E-state index contributed by atoms with van der Waals surface area (Å²) < 4.78 is 0. The zero-order valence-electron chi connectivity index (χ0n) is 20.5. The molecular formula is C26H47NO5. The summed E-state index contributed by atoms with van der Waals surface area (Å²) in [6, 6.07) is 0. The van der Waals surface area contributed by atoms with Gasteiger partial charge < -0.3 is 21.1 Å². The molecule has 4 aliphatic rings. The van der Waals surface area contributed by atoms with E-state index in [1.54, 1.807) is 6.92 Å². The molecule has 0 amide bonds. The Bertz CT molecular complexity index is 625. The molecule has 5 N–H and O–H groups in total. The number of aliphatic carboxylic acids is 2. The maximum absolute atomic E-state index is 11.0. The van der Waals surface area contributed by atoms with Crippen molar-refractivity contribution in [2.75, 3.05) is 13.2 Å². The van der Waals surface area contributed by atoms with E-state index < -0.39 is 11.9 Å². The second kappa shape index (κ2) is 11.8. The van der Waals surface area contributed by atoms with Crippen LogP contribution in [-0.4, -0.2) is 40.4 Å². The summed E-state index contributed by atoms with van der Waals surface area (Å²) in [7, 11) is 0. The van der Waals surface area contributed by atoms with E-state index in [4.69, 9.17) is 15.3 Å². The summed E-state index contributed by atoms with van der Waals surface area (Å²) in [5, 5.41) is 24.3. The molecular weight excluding hydrogens is 406 g/mol. The standard InChI is InChI=1S/C22H36O2.C2H5NO2.C2H6O/c1-21-13-4-3-5-15(21)6-9-17-18-10-7-16(8-11-20(23)24)22(18,2)14-12-19(17)21;3-1-2(4)5;1-2-3/h15-19H,3-14H2,1-2H3,(H,23,24);1,3H2,(H,4,5);3H,2H2,1H3. The van der Waals surface area contributed by atoms with Gasteiger partial charge in [0.15, 0.2) is 0 Å². The molecule has 7 unspecified atom stereocenters. The molecule has 4 saturated carbocycles. The van der Waals surface area contributed by atoms with Crippen molar-refractivity contribution >= 4 is 11.9 Å². The minimum absolute atomic E-state index is 0.250. The predicted molar refractivity (Wildman–Crippen MR) is 126 cm³/mol. The Labute approximate surface area is 194 Å². The zero-order valence-corrected chi connectivity index (χ0v) is 20.5. The van der Waals surface area contributed by atoms with Crippen LogP contribution in [0, 0.1) is 40.4 Å². The summed E-state index contributed by atoms with van der Waals surface area (Å²) in [4.78, 5) is 20.3. The molecule has 0 aromatic heterocycles. The second-order valence-corrected chi connectivity index (χ2v) is 11.1. The van der Waals surface area contributed by atoms with Gasteiger partial charge in [0.2, 0.25) is 0 Å². The molecule has 0 aromatic carbocycles. The lowest BCUT2D eigenvalue weighted by molar-refractivity contribution is -0.138. The van der Waals surface area contributed by atoms with E-state index >= 15 is 0 Å². The van der Waals surface area contributed by atoms with E-state index in [0.717, 1.165) is 30.1 Å². The van der Waals surface area contributed by atoms with Crippen LogP contribution in [0.3, 0.4) is 0 Å². The number of aliphatic hydroxyl groups excluding tert-OH is 1. The van der Waals surface area contributed by atoms with Crippen molar-refractivity contribution in [1.82, 2.24) is 0 Å². The molecule has 32 heavy (non-hydrogen) atoms. The smallest absolute Gasteiger partial charge is 0.317 e. The summed E-state index contributed by atoms with van der Waals surface area (Å²) in [5.41, 5.74) is 5.64. The number of hydrogen-bond acceptors (Lipinski definition) is 4. The lowest BCUT2D eigenvalue weighted by Crippen LogP contribution is -2.52. The van der Waals surface area contributed by atoms with Gasteiger partial charge in [-0.05, 0) is 105 Å². The average Bonchev–Trinajstić information content (AvgIpc) is 3.09. The molecule has 0 aliphatic heterocycles. The van der Waals surface area contributed by atoms with E-state index in [0.29, 0.717) is 23.2 Å².